The number of hydrogen-bond acceptors (Lipinski definition) is 3. The molecule has 3 nitrogen and oxygen atoms in total. The first-order valence-corrected chi connectivity index (χ1v) is 13.6. The van der Waals surface area contributed by atoms with Gasteiger partial charge in [0.05, 0.1) is 5.25 Å². The Hall–Kier alpha value is -0.380. The van der Waals surface area contributed by atoms with Crippen molar-refractivity contribution in [3.8, 4) is 0 Å². The lowest BCUT2D eigenvalue weighted by molar-refractivity contribution is -0.147. The first-order chi connectivity index (χ1) is 13.6. The molecule has 0 amide bonds. The molecule has 0 spiro atoms. The zero-order valence-electron chi connectivity index (χ0n) is 18.7. The Labute approximate surface area is 177 Å². The van der Waals surface area contributed by atoms with E-state index in [1.54, 1.807) is 0 Å². The molecule has 1 aliphatic carbocycles. The van der Waals surface area contributed by atoms with Crippen LogP contribution in [0.2, 0.25) is 0 Å². The van der Waals surface area contributed by atoms with Crippen LogP contribution < -0.4 is 0 Å². The smallest absolute Gasteiger partial charge is 0.302 e. The van der Waals surface area contributed by atoms with Crippen molar-refractivity contribution < 1.29 is 13.7 Å². The van der Waals surface area contributed by atoms with E-state index in [0.717, 1.165) is 37.9 Å². The minimum atomic E-state index is -0.846. The quantitative estimate of drug-likeness (QED) is 0.188. The van der Waals surface area contributed by atoms with Gasteiger partial charge in [0.1, 0.15) is 6.10 Å². The molecule has 3 atom stereocenters. The first kappa shape index (κ1) is 25.7. The summed E-state index contributed by atoms with van der Waals surface area (Å²) in [6, 6.07) is 0. The van der Waals surface area contributed by atoms with Crippen molar-refractivity contribution in [2.45, 2.75) is 141 Å². The number of hydrogen-bond donors (Lipinski definition) is 0. The summed E-state index contributed by atoms with van der Waals surface area (Å²) in [4.78, 5) is 11.3. The van der Waals surface area contributed by atoms with E-state index in [0.29, 0.717) is 0 Å². The van der Waals surface area contributed by atoms with E-state index >= 15 is 0 Å². The molecular weight excluding hydrogens is 368 g/mol. The van der Waals surface area contributed by atoms with Crippen LogP contribution in [0.5, 0.6) is 0 Å². The first-order valence-electron chi connectivity index (χ1n) is 12.2. The van der Waals surface area contributed by atoms with Crippen LogP contribution in [0.1, 0.15) is 129 Å². The van der Waals surface area contributed by atoms with Crippen molar-refractivity contribution in [2.24, 2.45) is 0 Å². The van der Waals surface area contributed by atoms with Crippen molar-refractivity contribution in [3.63, 3.8) is 0 Å². The third-order valence-corrected chi connectivity index (χ3v) is 7.90. The van der Waals surface area contributed by atoms with Gasteiger partial charge >= 0.3 is 5.97 Å². The second-order valence-corrected chi connectivity index (χ2v) is 10.4. The predicted octanol–water partition coefficient (Wildman–Crippen LogP) is 7.09. The third-order valence-electron chi connectivity index (χ3n) is 6.00. The Kier molecular flexibility index (Phi) is 16.0. The van der Waals surface area contributed by atoms with E-state index in [9.17, 15) is 9.00 Å². The molecule has 0 aliphatic heterocycles. The Morgan fingerprint density at radius 1 is 0.786 bits per heavy atom. The van der Waals surface area contributed by atoms with Gasteiger partial charge in [0.2, 0.25) is 0 Å². The molecule has 0 saturated heterocycles. The van der Waals surface area contributed by atoms with Crippen molar-refractivity contribution in [3.05, 3.63) is 0 Å². The lowest BCUT2D eigenvalue weighted by Crippen LogP contribution is -2.37. The molecule has 1 saturated carbocycles. The van der Waals surface area contributed by atoms with Crippen LogP contribution in [-0.2, 0) is 20.3 Å². The monoisotopic (exact) mass is 414 g/mol. The summed E-state index contributed by atoms with van der Waals surface area (Å²) in [6.07, 6.45) is 22.7. The molecule has 0 unspecified atom stereocenters. The molecule has 0 aromatic rings. The number of carbonyl (C=O) groups is 1. The van der Waals surface area contributed by atoms with E-state index in [4.69, 9.17) is 4.74 Å². The van der Waals surface area contributed by atoms with Gasteiger partial charge in [0, 0.05) is 23.5 Å². The largest absolute Gasteiger partial charge is 0.461 e. The highest BCUT2D eigenvalue weighted by Crippen LogP contribution is 2.26. The second kappa shape index (κ2) is 17.5. The van der Waals surface area contributed by atoms with Gasteiger partial charge in [-0.2, -0.15) is 0 Å². The van der Waals surface area contributed by atoms with Gasteiger partial charge in [-0.15, -0.1) is 0 Å². The summed E-state index contributed by atoms with van der Waals surface area (Å²) < 4.78 is 18.0. The van der Waals surface area contributed by atoms with Crippen LogP contribution in [0.15, 0.2) is 0 Å². The van der Waals surface area contributed by atoms with Gasteiger partial charge in [0.25, 0.3) is 0 Å². The number of carbonyl (C=O) groups excluding carboxylic acids is 1. The van der Waals surface area contributed by atoms with E-state index in [-0.39, 0.29) is 17.3 Å². The van der Waals surface area contributed by atoms with E-state index < -0.39 is 10.8 Å². The number of rotatable bonds is 17. The minimum Gasteiger partial charge on any atom is -0.461 e. The van der Waals surface area contributed by atoms with Crippen molar-refractivity contribution in [2.75, 3.05) is 5.75 Å². The molecule has 28 heavy (non-hydrogen) atoms. The van der Waals surface area contributed by atoms with Gasteiger partial charge in [-0.3, -0.25) is 9.00 Å². The molecule has 0 bridgehead atoms. The fraction of sp³-hybridized carbons (Fsp3) is 0.958. The average molecular weight is 415 g/mol. The predicted molar refractivity (Wildman–Crippen MR) is 121 cm³/mol. The van der Waals surface area contributed by atoms with Crippen molar-refractivity contribution in [1.82, 2.24) is 0 Å². The lowest BCUT2D eigenvalue weighted by Gasteiger charge is -2.30. The van der Waals surface area contributed by atoms with Gasteiger partial charge in [0.15, 0.2) is 0 Å². The number of esters is 1. The maximum Gasteiger partial charge on any atom is 0.302 e. The molecule has 0 heterocycles. The highest BCUT2D eigenvalue weighted by molar-refractivity contribution is 7.85. The van der Waals surface area contributed by atoms with Crippen LogP contribution in [0.25, 0.3) is 0 Å². The molecule has 0 radical (unpaired) electrons. The Morgan fingerprint density at radius 3 is 1.75 bits per heavy atom. The van der Waals surface area contributed by atoms with Gasteiger partial charge in [-0.1, -0.05) is 96.8 Å². The lowest BCUT2D eigenvalue weighted by atomic mass is 9.97. The number of ether oxygens (including phenoxy) is 1. The van der Waals surface area contributed by atoms with Crippen LogP contribution >= 0.6 is 0 Å². The molecule has 1 aliphatic rings. The number of unbranched alkanes of at least 4 members (excludes halogenated alkanes) is 13. The zero-order valence-corrected chi connectivity index (χ0v) is 19.5. The van der Waals surface area contributed by atoms with E-state index in [2.05, 4.69) is 6.92 Å². The molecule has 166 valence electrons. The molecule has 1 rings (SSSR count). The zero-order chi connectivity index (χ0) is 20.5. The standard InChI is InChI=1S/C24H46O3S/c1-3-4-5-6-7-8-9-10-11-12-13-14-15-18-21-28(26)24-20-17-16-19-23(24)27-22(2)25/h23-24H,3-21H2,1-2H3/t23-,24-,28-/m1/s1. The van der Waals surface area contributed by atoms with Crippen LogP contribution in [0, 0.1) is 0 Å². The fourth-order valence-electron chi connectivity index (χ4n) is 4.30. The van der Waals surface area contributed by atoms with E-state index in [1.807, 2.05) is 0 Å². The SMILES string of the molecule is CCCCCCCCCCCCCCCC[S@@](=O)[C@@H]1CCCC[C@H]1OC(C)=O. The summed E-state index contributed by atoms with van der Waals surface area (Å²) in [5.74, 6) is 0.547. The normalized spacial score (nSPS) is 20.8. The maximum atomic E-state index is 12.6. The molecule has 0 aromatic heterocycles. The van der Waals surface area contributed by atoms with Gasteiger partial charge < -0.3 is 4.74 Å². The summed E-state index contributed by atoms with van der Waals surface area (Å²) in [7, 11) is -0.846. The molecule has 4 heteroatoms. The van der Waals surface area contributed by atoms with Crippen molar-refractivity contribution >= 4 is 16.8 Å². The third kappa shape index (κ3) is 13.0. The summed E-state index contributed by atoms with van der Waals surface area (Å²) in [5.41, 5.74) is 0. The maximum absolute atomic E-state index is 12.6. The van der Waals surface area contributed by atoms with Gasteiger partial charge in [-0.25, -0.2) is 0 Å². The average Bonchev–Trinajstić information content (AvgIpc) is 2.68. The molecule has 0 N–H and O–H groups in total. The summed E-state index contributed by atoms with van der Waals surface area (Å²) >= 11 is 0. The summed E-state index contributed by atoms with van der Waals surface area (Å²) in [5, 5.41) is 0.0691. The highest BCUT2D eigenvalue weighted by atomic mass is 32.2. The van der Waals surface area contributed by atoms with Crippen LogP contribution in [-0.4, -0.2) is 27.3 Å². The minimum absolute atomic E-state index is 0.0691. The van der Waals surface area contributed by atoms with Crippen molar-refractivity contribution in [1.29, 1.82) is 0 Å². The van der Waals surface area contributed by atoms with Gasteiger partial charge in [-0.05, 0) is 25.7 Å². The van der Waals surface area contributed by atoms with Crippen LogP contribution in [0.3, 0.4) is 0 Å². The topological polar surface area (TPSA) is 43.4 Å². The van der Waals surface area contributed by atoms with Crippen LogP contribution in [0.4, 0.5) is 0 Å². The molecule has 1 fully saturated rings. The molecular formula is C24H46O3S. The molecule has 0 aromatic carbocycles. The Morgan fingerprint density at radius 2 is 1.25 bits per heavy atom. The highest BCUT2D eigenvalue weighted by Gasteiger charge is 2.31. The Balaban J connectivity index is 1.93. The van der Waals surface area contributed by atoms with E-state index in [1.165, 1.54) is 90.4 Å². The Bertz CT molecular complexity index is 411. The summed E-state index contributed by atoms with van der Waals surface area (Å²) in [6.45, 7) is 3.74. The fourth-order valence-corrected chi connectivity index (χ4v) is 6.05. The second-order valence-electron chi connectivity index (χ2n) is 8.65.